The van der Waals surface area contributed by atoms with Gasteiger partial charge in [0.25, 0.3) is 0 Å². The van der Waals surface area contributed by atoms with Gasteiger partial charge in [-0.3, -0.25) is 9.97 Å². The highest BCUT2D eigenvalue weighted by atomic mass is 35.5. The smallest absolute Gasteiger partial charge is 0.345 e. The van der Waals surface area contributed by atoms with E-state index in [1.165, 1.54) is 18.2 Å². The molecule has 2 aliphatic heterocycles. The van der Waals surface area contributed by atoms with Crippen molar-refractivity contribution in [2.75, 3.05) is 82.8 Å². The molecule has 6 aromatic carbocycles. The van der Waals surface area contributed by atoms with Gasteiger partial charge in [0.05, 0.1) is 51.4 Å². The SMILES string of the molecule is N#Cc1ccc(N(C(=O)Nc2ccc(Oc3ccc4ncc(N5CCNCC5)nc4c3)cc2)N(C(=O)Nc2ccc(Oc3ccc4ncc(N5CCNCC5)nc4c3)cc2)c2cccc(Cl)c2)cc1F. The molecule has 2 aliphatic rings. The van der Waals surface area contributed by atoms with Crippen molar-refractivity contribution >= 4 is 80.1 Å². The van der Waals surface area contributed by atoms with E-state index in [0.29, 0.717) is 45.4 Å². The lowest BCUT2D eigenvalue weighted by Gasteiger charge is -2.35. The lowest BCUT2D eigenvalue weighted by atomic mass is 10.2. The van der Waals surface area contributed by atoms with Gasteiger partial charge in [-0.25, -0.2) is 23.9 Å². The second-order valence-corrected chi connectivity index (χ2v) is 16.7. The maximum Gasteiger partial charge on any atom is 0.345 e. The molecule has 2 aromatic heterocycles. The first kappa shape index (κ1) is 45.2. The fraction of sp³-hybridized carbons (Fsp3) is 0.157. The van der Waals surface area contributed by atoms with Gasteiger partial charge in [0.15, 0.2) is 0 Å². The molecular weight excluding hydrogens is 913 g/mol. The van der Waals surface area contributed by atoms with E-state index < -0.39 is 17.9 Å². The topological polar surface area (TPSA) is 189 Å². The molecule has 70 heavy (non-hydrogen) atoms. The Morgan fingerprint density at radius 1 is 0.600 bits per heavy atom. The van der Waals surface area contributed by atoms with Crippen LogP contribution in [0.5, 0.6) is 23.0 Å². The van der Waals surface area contributed by atoms with Gasteiger partial charge in [-0.15, -0.1) is 0 Å². The van der Waals surface area contributed by atoms with E-state index in [-0.39, 0.29) is 22.0 Å². The highest BCUT2D eigenvalue weighted by molar-refractivity contribution is 6.31. The number of ether oxygens (including phenoxy) is 2. The molecule has 2 saturated heterocycles. The molecule has 0 saturated carbocycles. The summed E-state index contributed by atoms with van der Waals surface area (Å²) in [6.45, 7) is 6.84. The number of nitriles is 1. The van der Waals surface area contributed by atoms with Crippen molar-refractivity contribution in [3.8, 4) is 29.1 Å². The summed E-state index contributed by atoms with van der Waals surface area (Å²) in [7, 11) is 0. The van der Waals surface area contributed by atoms with E-state index in [0.717, 1.165) is 91.1 Å². The number of hydrogen-bond donors (Lipinski definition) is 4. The summed E-state index contributed by atoms with van der Waals surface area (Å²) >= 11 is 6.46. The number of nitrogens with zero attached hydrogens (tertiary/aromatic N) is 9. The predicted molar refractivity (Wildman–Crippen MR) is 268 cm³/mol. The van der Waals surface area contributed by atoms with Crippen LogP contribution >= 0.6 is 11.6 Å². The number of amides is 4. The molecule has 2 fully saturated rings. The first-order valence-electron chi connectivity index (χ1n) is 22.4. The lowest BCUT2D eigenvalue weighted by Crippen LogP contribution is -2.54. The van der Waals surface area contributed by atoms with Gasteiger partial charge in [-0.2, -0.15) is 15.3 Å². The number of benzene rings is 6. The van der Waals surface area contributed by atoms with Crippen molar-refractivity contribution in [2.45, 2.75) is 0 Å². The molecule has 0 radical (unpaired) electrons. The second-order valence-electron chi connectivity index (χ2n) is 16.2. The fourth-order valence-corrected chi connectivity index (χ4v) is 8.19. The van der Waals surface area contributed by atoms with E-state index in [4.69, 9.17) is 31.0 Å². The number of carbonyl (C=O) groups is 2. The number of piperazine rings is 2. The molecule has 350 valence electrons. The van der Waals surface area contributed by atoms with Gasteiger partial charge in [0, 0.05) is 87.0 Å². The average molecular weight is 956 g/mol. The largest absolute Gasteiger partial charge is 0.457 e. The summed E-state index contributed by atoms with van der Waals surface area (Å²) < 4.78 is 27.8. The molecule has 19 heteroatoms. The molecule has 4 amide bonds. The Kier molecular flexibility index (Phi) is 13.1. The number of hydrazine groups is 1. The number of aromatic nitrogens is 4. The van der Waals surface area contributed by atoms with Crippen molar-refractivity contribution in [1.29, 1.82) is 5.26 Å². The standard InChI is InChI=1S/C51H43ClFN13O4/c52-34-2-1-3-37(26-34)65(50(67)59-35-5-10-39(11-6-35)69-41-14-16-44-46(28-41)61-48(31-57-44)63-22-18-55-19-23-63)66(38-9-4-33(30-54)43(53)27-38)51(68)60-36-7-12-40(13-8-36)70-42-15-17-45-47(29-42)62-49(32-58-45)64-24-20-56-21-25-64/h1-17,26-29,31-32,55-56H,18-25H2,(H,59,67)(H,60,68). The number of anilines is 6. The normalized spacial score (nSPS) is 13.6. The maximum atomic E-state index is 15.4. The lowest BCUT2D eigenvalue weighted by molar-refractivity contribution is 0.248. The Morgan fingerprint density at radius 3 is 1.53 bits per heavy atom. The minimum absolute atomic E-state index is 0.0764. The number of carbonyl (C=O) groups excluding carboxylic acids is 2. The summed E-state index contributed by atoms with van der Waals surface area (Å²) in [6.07, 6.45) is 3.56. The number of urea groups is 2. The summed E-state index contributed by atoms with van der Waals surface area (Å²) in [5.41, 5.74) is 3.33. The summed E-state index contributed by atoms with van der Waals surface area (Å²) in [4.78, 5) is 52.4. The van der Waals surface area contributed by atoms with E-state index in [9.17, 15) is 14.9 Å². The van der Waals surface area contributed by atoms with Crippen LogP contribution in [0.15, 0.2) is 140 Å². The Balaban J connectivity index is 0.880. The molecule has 0 unspecified atom stereocenters. The Morgan fingerprint density at radius 2 is 1.07 bits per heavy atom. The zero-order valence-corrected chi connectivity index (χ0v) is 38.1. The van der Waals surface area contributed by atoms with Crippen LogP contribution in [0, 0.1) is 17.1 Å². The van der Waals surface area contributed by atoms with Crippen molar-refractivity contribution < 1.29 is 23.5 Å². The minimum atomic E-state index is -0.903. The Labute approximate surface area is 406 Å². The van der Waals surface area contributed by atoms with Crippen molar-refractivity contribution in [3.63, 3.8) is 0 Å². The first-order chi connectivity index (χ1) is 34.2. The first-order valence-corrected chi connectivity index (χ1v) is 22.8. The molecule has 10 rings (SSSR count). The predicted octanol–water partition coefficient (Wildman–Crippen LogP) is 9.33. The van der Waals surface area contributed by atoms with Crippen LogP contribution in [0.4, 0.5) is 48.4 Å². The molecule has 0 bridgehead atoms. The van der Waals surface area contributed by atoms with Gasteiger partial charge in [0.2, 0.25) is 0 Å². The zero-order valence-electron chi connectivity index (χ0n) is 37.3. The van der Waals surface area contributed by atoms with Crippen LogP contribution in [-0.2, 0) is 0 Å². The fourth-order valence-electron chi connectivity index (χ4n) is 8.00. The van der Waals surface area contributed by atoms with Gasteiger partial charge < -0.3 is 40.5 Å². The minimum Gasteiger partial charge on any atom is -0.457 e. The number of nitrogens with one attached hydrogen (secondary N) is 4. The van der Waals surface area contributed by atoms with E-state index in [2.05, 4.69) is 41.0 Å². The number of fused-ring (bicyclic) bond motifs is 2. The number of rotatable bonds is 10. The van der Waals surface area contributed by atoms with Crippen LogP contribution in [-0.4, -0.2) is 84.4 Å². The van der Waals surface area contributed by atoms with Gasteiger partial charge >= 0.3 is 12.1 Å². The molecular formula is C51H43ClFN13O4. The average Bonchev–Trinajstić information content (AvgIpc) is 3.39. The summed E-state index contributed by atoms with van der Waals surface area (Å²) in [5, 5.41) is 24.1. The Hall–Kier alpha value is -8.63. The molecule has 4 N–H and O–H groups in total. The van der Waals surface area contributed by atoms with Crippen molar-refractivity contribution in [3.05, 3.63) is 156 Å². The Bertz CT molecular complexity index is 3260. The summed E-state index contributed by atoms with van der Waals surface area (Å²) in [6, 6.07) is 34.1. The third kappa shape index (κ3) is 10.3. The number of hydrogen-bond acceptors (Lipinski definition) is 13. The van der Waals surface area contributed by atoms with Crippen LogP contribution in [0.2, 0.25) is 5.02 Å². The van der Waals surface area contributed by atoms with Crippen LogP contribution < -0.4 is 50.6 Å². The van der Waals surface area contributed by atoms with E-state index >= 15 is 4.39 Å². The van der Waals surface area contributed by atoms with Crippen molar-refractivity contribution in [1.82, 2.24) is 30.6 Å². The summed E-state index contributed by atoms with van der Waals surface area (Å²) in [5.74, 6) is 2.72. The van der Waals surface area contributed by atoms with Gasteiger partial charge in [-0.1, -0.05) is 17.7 Å². The zero-order chi connectivity index (χ0) is 48.0. The van der Waals surface area contributed by atoms with E-state index in [1.54, 1.807) is 97.3 Å². The molecule has 0 aliphatic carbocycles. The van der Waals surface area contributed by atoms with Crippen molar-refractivity contribution in [2.24, 2.45) is 0 Å². The molecule has 8 aromatic rings. The van der Waals surface area contributed by atoms with Crippen LogP contribution in [0.25, 0.3) is 22.1 Å². The quantitative estimate of drug-likeness (QED) is 0.0951. The number of halogens is 2. The highest BCUT2D eigenvalue weighted by Crippen LogP contribution is 2.32. The molecule has 17 nitrogen and oxygen atoms in total. The highest BCUT2D eigenvalue weighted by Gasteiger charge is 2.31. The van der Waals surface area contributed by atoms with Crippen LogP contribution in [0.1, 0.15) is 5.56 Å². The third-order valence-corrected chi connectivity index (χ3v) is 11.8. The monoisotopic (exact) mass is 955 g/mol. The molecule has 4 heterocycles. The molecule has 0 spiro atoms. The van der Waals surface area contributed by atoms with Gasteiger partial charge in [-0.05, 0) is 103 Å². The van der Waals surface area contributed by atoms with E-state index in [1.807, 2.05) is 24.3 Å². The maximum absolute atomic E-state index is 15.4. The second kappa shape index (κ2) is 20.3. The van der Waals surface area contributed by atoms with Crippen LogP contribution in [0.3, 0.4) is 0 Å². The third-order valence-electron chi connectivity index (χ3n) is 11.5. The van der Waals surface area contributed by atoms with Gasteiger partial charge in [0.1, 0.15) is 46.5 Å². The molecule has 0 atom stereocenters.